The maximum absolute atomic E-state index is 14.9. The van der Waals surface area contributed by atoms with Crippen LogP contribution in [0.1, 0.15) is 57.6 Å². The van der Waals surface area contributed by atoms with Gasteiger partial charge in [-0.25, -0.2) is 9.18 Å². The van der Waals surface area contributed by atoms with Crippen molar-refractivity contribution in [1.82, 2.24) is 4.90 Å². The number of benzene rings is 1. The summed E-state index contributed by atoms with van der Waals surface area (Å²) >= 11 is 0. The van der Waals surface area contributed by atoms with Crippen molar-refractivity contribution in [2.24, 2.45) is 11.8 Å². The van der Waals surface area contributed by atoms with Crippen LogP contribution in [0.2, 0.25) is 0 Å². The molecule has 0 aromatic heterocycles. The molecule has 1 aliphatic rings. The molecule has 2 unspecified atom stereocenters. The first-order valence-corrected chi connectivity index (χ1v) is 9.94. The maximum Gasteiger partial charge on any atom is 0.410 e. The van der Waals surface area contributed by atoms with Crippen molar-refractivity contribution in [3.05, 3.63) is 39.2 Å². The zero-order valence-electron chi connectivity index (χ0n) is 17.7. The minimum absolute atomic E-state index is 0.0860. The van der Waals surface area contributed by atoms with Gasteiger partial charge in [-0.1, -0.05) is 6.92 Å². The predicted molar refractivity (Wildman–Crippen MR) is 107 cm³/mol. The fraction of sp³-hybridized carbons (Fsp3) is 0.619. The molecule has 1 fully saturated rings. The zero-order valence-corrected chi connectivity index (χ0v) is 17.7. The highest BCUT2D eigenvalue weighted by atomic mass is 19.1. The highest BCUT2D eigenvalue weighted by Gasteiger charge is 2.34. The summed E-state index contributed by atoms with van der Waals surface area (Å²) < 4.78 is 20.3. The van der Waals surface area contributed by atoms with E-state index in [0.717, 1.165) is 6.07 Å². The van der Waals surface area contributed by atoms with E-state index in [-0.39, 0.29) is 29.9 Å². The number of likely N-dealkylation sites (tertiary alicyclic amines) is 1. The van der Waals surface area contributed by atoms with Gasteiger partial charge in [0.25, 0.3) is 5.69 Å². The maximum atomic E-state index is 14.9. The molecule has 8 nitrogen and oxygen atoms in total. The Kier molecular flexibility index (Phi) is 7.37. The molecule has 9 heteroatoms. The van der Waals surface area contributed by atoms with Crippen molar-refractivity contribution in [2.75, 3.05) is 19.7 Å². The Labute approximate surface area is 175 Å². The van der Waals surface area contributed by atoms with E-state index in [1.807, 2.05) is 0 Å². The topological polar surface area (TPSA) is 117 Å². The lowest BCUT2D eigenvalue weighted by Gasteiger charge is -2.27. The third kappa shape index (κ3) is 5.45. The Bertz CT molecular complexity index is 846. The second-order valence-electron chi connectivity index (χ2n) is 8.78. The van der Waals surface area contributed by atoms with Gasteiger partial charge in [0.05, 0.1) is 4.92 Å². The smallest absolute Gasteiger partial charge is 0.410 e. The van der Waals surface area contributed by atoms with Crippen LogP contribution in [0.25, 0.3) is 0 Å². The summed E-state index contributed by atoms with van der Waals surface area (Å²) in [6, 6.07) is 4.10. The molecule has 1 aliphatic heterocycles. The van der Waals surface area contributed by atoms with Crippen LogP contribution in [0.15, 0.2) is 12.1 Å². The molecule has 0 bridgehead atoms. The largest absolute Gasteiger partial charge is 0.444 e. The number of nitro groups is 1. The number of nitro benzene ring substituents is 1. The molecular weight excluding hydrogens is 393 g/mol. The first kappa shape index (κ1) is 23.5. The molecule has 1 aromatic rings. The second-order valence-corrected chi connectivity index (χ2v) is 8.78. The van der Waals surface area contributed by atoms with Gasteiger partial charge in [-0.05, 0) is 57.1 Å². The van der Waals surface area contributed by atoms with Crippen molar-refractivity contribution in [1.29, 1.82) is 5.26 Å². The molecule has 1 amide bonds. The molecule has 1 N–H and O–H groups in total. The Morgan fingerprint density at radius 3 is 2.70 bits per heavy atom. The quantitative estimate of drug-likeness (QED) is 0.581. The summed E-state index contributed by atoms with van der Waals surface area (Å²) in [5.74, 6) is -1.53. The molecule has 1 saturated heterocycles. The van der Waals surface area contributed by atoms with Gasteiger partial charge >= 0.3 is 6.09 Å². The number of hydrogen-bond acceptors (Lipinski definition) is 6. The minimum Gasteiger partial charge on any atom is -0.444 e. The Balaban J connectivity index is 2.26. The van der Waals surface area contributed by atoms with E-state index in [1.165, 1.54) is 6.07 Å². The molecule has 0 saturated carbocycles. The Morgan fingerprint density at radius 2 is 2.17 bits per heavy atom. The van der Waals surface area contributed by atoms with Crippen molar-refractivity contribution >= 4 is 11.8 Å². The standard InChI is InChI=1S/C21H28FN3O5/c1-13(16-5-6-18(25(28)29)17(10-23)19(16)22)15-7-8-24(11-14(9-15)12-26)20(27)30-21(2,3)4/h5-6,13-15,26H,7-9,11-12H2,1-4H3/t13?,14-,15?/m0/s1. The third-order valence-corrected chi connectivity index (χ3v) is 5.45. The lowest BCUT2D eigenvalue weighted by molar-refractivity contribution is -0.385. The zero-order chi connectivity index (χ0) is 22.6. The molecule has 2 rings (SSSR count). The van der Waals surface area contributed by atoms with Crippen LogP contribution >= 0.6 is 0 Å². The Hall–Kier alpha value is -2.73. The van der Waals surface area contributed by atoms with Crippen LogP contribution in [0, 0.1) is 39.1 Å². The van der Waals surface area contributed by atoms with Crippen molar-refractivity contribution in [3.8, 4) is 6.07 Å². The number of amides is 1. The van der Waals surface area contributed by atoms with Gasteiger partial charge in [-0.15, -0.1) is 0 Å². The number of nitrogens with zero attached hydrogens (tertiary/aromatic N) is 3. The SMILES string of the molecule is CC(c1ccc([N+](=O)[O-])c(C#N)c1F)C1CCN(C(=O)OC(C)(C)C)C[C@@H](CO)C1. The molecule has 3 atom stereocenters. The van der Waals surface area contributed by atoms with Crippen molar-refractivity contribution in [3.63, 3.8) is 0 Å². The van der Waals surface area contributed by atoms with Crippen molar-refractivity contribution < 1.29 is 24.0 Å². The van der Waals surface area contributed by atoms with E-state index in [9.17, 15) is 29.7 Å². The molecule has 0 radical (unpaired) electrons. The number of halogens is 1. The van der Waals surface area contributed by atoms with E-state index >= 15 is 0 Å². The molecule has 0 spiro atoms. The van der Waals surface area contributed by atoms with Crippen LogP contribution in [0.4, 0.5) is 14.9 Å². The third-order valence-electron chi connectivity index (χ3n) is 5.45. The van der Waals surface area contributed by atoms with Gasteiger partial charge in [0.2, 0.25) is 0 Å². The fourth-order valence-corrected chi connectivity index (χ4v) is 3.87. The van der Waals surface area contributed by atoms with Gasteiger partial charge in [-0.2, -0.15) is 5.26 Å². The van der Waals surface area contributed by atoms with Crippen molar-refractivity contribution in [2.45, 2.75) is 52.1 Å². The lowest BCUT2D eigenvalue weighted by atomic mass is 9.80. The summed E-state index contributed by atoms with van der Waals surface area (Å²) in [7, 11) is 0. The van der Waals surface area contributed by atoms with Crippen LogP contribution in [0.3, 0.4) is 0 Å². The molecule has 30 heavy (non-hydrogen) atoms. The van der Waals surface area contributed by atoms with Crippen LogP contribution in [-0.4, -0.2) is 46.3 Å². The normalized spacial score (nSPS) is 20.8. The van der Waals surface area contributed by atoms with Crippen LogP contribution in [0.5, 0.6) is 0 Å². The number of carbonyl (C=O) groups is 1. The monoisotopic (exact) mass is 421 g/mol. The molecule has 1 heterocycles. The number of aliphatic hydroxyl groups excluding tert-OH is 1. The molecular formula is C21H28FN3O5. The summed E-state index contributed by atoms with van der Waals surface area (Å²) in [4.78, 5) is 24.3. The highest BCUT2D eigenvalue weighted by Crippen LogP contribution is 2.37. The van der Waals surface area contributed by atoms with Crippen LogP contribution in [-0.2, 0) is 4.74 Å². The summed E-state index contributed by atoms with van der Waals surface area (Å²) in [6.07, 6.45) is 0.646. The Morgan fingerprint density at radius 1 is 1.50 bits per heavy atom. The number of carbonyl (C=O) groups excluding carboxylic acids is 1. The molecule has 1 aromatic carbocycles. The summed E-state index contributed by atoms with van der Waals surface area (Å²) in [5.41, 5.74) is -1.55. The van der Waals surface area contributed by atoms with E-state index in [1.54, 1.807) is 38.7 Å². The molecule has 0 aliphatic carbocycles. The number of ether oxygens (including phenoxy) is 1. The van der Waals surface area contributed by atoms with Gasteiger partial charge in [0.1, 0.15) is 11.7 Å². The molecule has 164 valence electrons. The van der Waals surface area contributed by atoms with E-state index in [0.29, 0.717) is 25.9 Å². The highest BCUT2D eigenvalue weighted by molar-refractivity contribution is 5.68. The number of nitriles is 1. The average molecular weight is 421 g/mol. The van der Waals surface area contributed by atoms with Gasteiger partial charge in [0.15, 0.2) is 11.4 Å². The fourth-order valence-electron chi connectivity index (χ4n) is 3.87. The van der Waals surface area contributed by atoms with E-state index in [2.05, 4.69) is 0 Å². The lowest BCUT2D eigenvalue weighted by Crippen LogP contribution is -2.39. The number of rotatable bonds is 4. The van der Waals surface area contributed by atoms with Gasteiger partial charge < -0.3 is 14.7 Å². The predicted octanol–water partition coefficient (Wildman–Crippen LogP) is 3.96. The summed E-state index contributed by atoms with van der Waals surface area (Å²) in [6.45, 7) is 7.73. The first-order chi connectivity index (χ1) is 14.0. The minimum atomic E-state index is -0.881. The van der Waals surface area contributed by atoms with E-state index in [4.69, 9.17) is 4.74 Å². The summed E-state index contributed by atoms with van der Waals surface area (Å²) in [5, 5.41) is 30.0. The van der Waals surface area contributed by atoms with Gasteiger partial charge in [0, 0.05) is 31.7 Å². The number of aliphatic hydroxyl groups is 1. The van der Waals surface area contributed by atoms with E-state index < -0.39 is 33.7 Å². The van der Waals surface area contributed by atoms with Crippen LogP contribution < -0.4 is 0 Å². The van der Waals surface area contributed by atoms with Gasteiger partial charge in [-0.3, -0.25) is 10.1 Å². The average Bonchev–Trinajstić information content (AvgIpc) is 2.88. The first-order valence-electron chi connectivity index (χ1n) is 9.94. The number of hydrogen-bond donors (Lipinski definition) is 1. The second kappa shape index (κ2) is 9.39.